The molecule has 2 aromatic rings. The van der Waals surface area contributed by atoms with E-state index in [0.717, 1.165) is 9.79 Å². The lowest BCUT2D eigenvalue weighted by molar-refractivity contribution is -0.144. The maximum Gasteiger partial charge on any atom is 0.308 e. The molecule has 1 atom stereocenters. The maximum atomic E-state index is 12.8. The molecule has 1 N–H and O–H groups in total. The summed E-state index contributed by atoms with van der Waals surface area (Å²) in [4.78, 5) is 27.2. The van der Waals surface area contributed by atoms with Gasteiger partial charge in [-0.15, -0.1) is 0 Å². The summed E-state index contributed by atoms with van der Waals surface area (Å²) < 4.78 is 0. The molecule has 2 aromatic carbocycles. The van der Waals surface area contributed by atoms with Gasteiger partial charge in [0, 0.05) is 33.5 Å². The van der Waals surface area contributed by atoms with Gasteiger partial charge in [-0.25, -0.2) is 0 Å². The Hall–Kier alpha value is -1.66. The third kappa shape index (κ3) is 5.28. The van der Waals surface area contributed by atoms with Crippen molar-refractivity contribution in [1.29, 1.82) is 0 Å². The molecule has 0 saturated carbocycles. The van der Waals surface area contributed by atoms with Crippen molar-refractivity contribution in [3.05, 3.63) is 63.6 Å². The van der Waals surface area contributed by atoms with E-state index in [1.54, 1.807) is 29.2 Å². The van der Waals surface area contributed by atoms with Crippen LogP contribution in [0.2, 0.25) is 15.1 Å². The Morgan fingerprint density at radius 1 is 1.07 bits per heavy atom. The SMILES string of the molecule is C=C(C(=O)N1CCCC(C(=O)O)C1)c1ccc(Sc2ccc(Cl)cc2Cl)c(Cl)c1. The summed E-state index contributed by atoms with van der Waals surface area (Å²) in [5, 5.41) is 10.8. The highest BCUT2D eigenvalue weighted by atomic mass is 35.5. The molecule has 1 amide bonds. The van der Waals surface area contributed by atoms with Crippen LogP contribution in [0.5, 0.6) is 0 Å². The maximum absolute atomic E-state index is 12.8. The van der Waals surface area contributed by atoms with Gasteiger partial charge in [-0.3, -0.25) is 9.59 Å². The van der Waals surface area contributed by atoms with Crippen molar-refractivity contribution in [2.45, 2.75) is 22.6 Å². The Morgan fingerprint density at radius 3 is 2.34 bits per heavy atom. The molecular formula is C21H18Cl3NO3S. The molecule has 1 fully saturated rings. The minimum atomic E-state index is -0.876. The number of hydrogen-bond donors (Lipinski definition) is 1. The van der Waals surface area contributed by atoms with Crippen LogP contribution in [0.1, 0.15) is 18.4 Å². The van der Waals surface area contributed by atoms with Gasteiger partial charge < -0.3 is 10.0 Å². The smallest absolute Gasteiger partial charge is 0.308 e. The van der Waals surface area contributed by atoms with Crippen LogP contribution in [-0.2, 0) is 9.59 Å². The van der Waals surface area contributed by atoms with Gasteiger partial charge in [-0.05, 0) is 48.7 Å². The van der Waals surface area contributed by atoms with Crippen LogP contribution >= 0.6 is 46.6 Å². The minimum Gasteiger partial charge on any atom is -0.481 e. The van der Waals surface area contributed by atoms with Crippen LogP contribution < -0.4 is 0 Å². The number of carbonyl (C=O) groups is 2. The van der Waals surface area contributed by atoms with Crippen LogP contribution in [0.15, 0.2) is 52.8 Å². The highest BCUT2D eigenvalue weighted by molar-refractivity contribution is 7.99. The molecule has 0 radical (unpaired) electrons. The summed E-state index contributed by atoms with van der Waals surface area (Å²) in [5.41, 5.74) is 0.892. The second-order valence-corrected chi connectivity index (χ2v) is 9.06. The number of carboxylic acids is 1. The molecule has 152 valence electrons. The quantitative estimate of drug-likeness (QED) is 0.534. The van der Waals surface area contributed by atoms with Gasteiger partial charge >= 0.3 is 5.97 Å². The molecule has 3 rings (SSSR count). The Balaban J connectivity index is 1.74. The minimum absolute atomic E-state index is 0.198. The molecule has 1 aliphatic heterocycles. The van der Waals surface area contributed by atoms with E-state index in [1.807, 2.05) is 12.1 Å². The second-order valence-electron chi connectivity index (χ2n) is 6.73. The standard InChI is InChI=1S/C21H18Cl3NO3S/c1-12(20(26)25-8-2-3-14(11-25)21(27)28)13-4-6-18(16(23)9-13)29-19-7-5-15(22)10-17(19)24/h4-7,9-10,14H,1-3,8,11H2,(H,27,28). The summed E-state index contributed by atoms with van der Waals surface area (Å²) in [6.45, 7) is 4.63. The van der Waals surface area contributed by atoms with Gasteiger partial charge in [0.15, 0.2) is 0 Å². The molecule has 0 aromatic heterocycles. The Kier molecular flexibility index (Phi) is 7.17. The summed E-state index contributed by atoms with van der Waals surface area (Å²) >= 11 is 20.0. The first-order chi connectivity index (χ1) is 13.8. The van der Waals surface area contributed by atoms with Crippen LogP contribution in [0.25, 0.3) is 5.57 Å². The zero-order valence-electron chi connectivity index (χ0n) is 15.3. The summed E-state index contributed by atoms with van der Waals surface area (Å²) in [7, 11) is 0. The van der Waals surface area contributed by atoms with Crippen molar-refractivity contribution in [1.82, 2.24) is 4.90 Å². The zero-order valence-corrected chi connectivity index (χ0v) is 18.4. The number of amides is 1. The fourth-order valence-corrected chi connectivity index (χ4v) is 4.77. The third-order valence-corrected chi connectivity index (χ3v) is 6.95. The van der Waals surface area contributed by atoms with E-state index in [1.165, 1.54) is 11.8 Å². The van der Waals surface area contributed by atoms with Gasteiger partial charge in [0.1, 0.15) is 0 Å². The lowest BCUT2D eigenvalue weighted by Gasteiger charge is -2.31. The van der Waals surface area contributed by atoms with Gasteiger partial charge in [0.05, 0.1) is 16.0 Å². The van der Waals surface area contributed by atoms with Crippen molar-refractivity contribution in [2.24, 2.45) is 5.92 Å². The number of carbonyl (C=O) groups excluding carboxylic acids is 1. The van der Waals surface area contributed by atoms with E-state index < -0.39 is 11.9 Å². The highest BCUT2D eigenvalue weighted by Gasteiger charge is 2.29. The monoisotopic (exact) mass is 469 g/mol. The van der Waals surface area contributed by atoms with Gasteiger partial charge in [0.2, 0.25) is 0 Å². The molecule has 1 unspecified atom stereocenters. The van der Waals surface area contributed by atoms with E-state index in [0.29, 0.717) is 45.6 Å². The Bertz CT molecular complexity index is 980. The van der Waals surface area contributed by atoms with Crippen molar-refractivity contribution in [2.75, 3.05) is 13.1 Å². The van der Waals surface area contributed by atoms with Crippen molar-refractivity contribution in [3.8, 4) is 0 Å². The largest absolute Gasteiger partial charge is 0.481 e. The summed E-state index contributed by atoms with van der Waals surface area (Å²) in [5.74, 6) is -1.68. The normalized spacial score (nSPS) is 16.5. The first-order valence-electron chi connectivity index (χ1n) is 8.90. The molecule has 4 nitrogen and oxygen atoms in total. The van der Waals surface area contributed by atoms with E-state index >= 15 is 0 Å². The van der Waals surface area contributed by atoms with Gasteiger partial charge in [-0.2, -0.15) is 0 Å². The Morgan fingerprint density at radius 2 is 1.72 bits per heavy atom. The fourth-order valence-electron chi connectivity index (χ4n) is 3.13. The van der Waals surface area contributed by atoms with Crippen LogP contribution in [0.3, 0.4) is 0 Å². The number of hydrogen-bond acceptors (Lipinski definition) is 3. The first kappa shape index (κ1) is 22.0. The number of likely N-dealkylation sites (tertiary alicyclic amines) is 1. The molecule has 29 heavy (non-hydrogen) atoms. The molecule has 0 spiro atoms. The van der Waals surface area contributed by atoms with Crippen LogP contribution in [-0.4, -0.2) is 35.0 Å². The van der Waals surface area contributed by atoms with E-state index in [9.17, 15) is 14.7 Å². The van der Waals surface area contributed by atoms with E-state index in [-0.39, 0.29) is 12.5 Å². The topological polar surface area (TPSA) is 57.6 Å². The lowest BCUT2D eigenvalue weighted by Crippen LogP contribution is -2.42. The number of rotatable bonds is 5. The lowest BCUT2D eigenvalue weighted by atomic mass is 9.97. The molecule has 1 saturated heterocycles. The number of nitrogens with zero attached hydrogens (tertiary/aromatic N) is 1. The van der Waals surface area contributed by atoms with Crippen LogP contribution in [0, 0.1) is 5.92 Å². The van der Waals surface area contributed by atoms with Crippen molar-refractivity contribution in [3.63, 3.8) is 0 Å². The van der Waals surface area contributed by atoms with E-state index in [2.05, 4.69) is 6.58 Å². The molecule has 1 aliphatic rings. The second kappa shape index (κ2) is 9.43. The third-order valence-electron chi connectivity index (χ3n) is 4.71. The molecular weight excluding hydrogens is 453 g/mol. The molecule has 0 bridgehead atoms. The van der Waals surface area contributed by atoms with Gasteiger partial charge in [-0.1, -0.05) is 59.2 Å². The summed E-state index contributed by atoms with van der Waals surface area (Å²) in [6, 6.07) is 10.5. The Labute approximate surface area is 188 Å². The van der Waals surface area contributed by atoms with Crippen LogP contribution in [0.4, 0.5) is 0 Å². The van der Waals surface area contributed by atoms with Crippen molar-refractivity contribution < 1.29 is 14.7 Å². The number of halogens is 3. The molecule has 1 heterocycles. The molecule has 0 aliphatic carbocycles. The number of benzene rings is 2. The van der Waals surface area contributed by atoms with E-state index in [4.69, 9.17) is 34.8 Å². The predicted molar refractivity (Wildman–Crippen MR) is 118 cm³/mol. The number of carboxylic acid groups (broad SMARTS) is 1. The number of aliphatic carboxylic acids is 1. The molecule has 8 heteroatoms. The van der Waals surface area contributed by atoms with Gasteiger partial charge in [0.25, 0.3) is 5.91 Å². The zero-order chi connectivity index (χ0) is 21.1. The fraction of sp³-hybridized carbons (Fsp3) is 0.238. The average molecular weight is 471 g/mol. The first-order valence-corrected chi connectivity index (χ1v) is 10.8. The van der Waals surface area contributed by atoms with Crippen molar-refractivity contribution >= 4 is 64.0 Å². The highest BCUT2D eigenvalue weighted by Crippen LogP contribution is 2.39. The predicted octanol–water partition coefficient (Wildman–Crippen LogP) is 6.13. The summed E-state index contributed by atoms with van der Waals surface area (Å²) in [6.07, 6.45) is 1.24. The number of piperidine rings is 1. The average Bonchev–Trinajstić information content (AvgIpc) is 2.70.